The highest BCUT2D eigenvalue weighted by Crippen LogP contribution is 2.68. The van der Waals surface area contributed by atoms with Crippen molar-refractivity contribution < 1.29 is 35.9 Å². The highest BCUT2D eigenvalue weighted by Gasteiger charge is 2.67. The Bertz CT molecular complexity index is 3120. The van der Waals surface area contributed by atoms with Gasteiger partial charge in [0.05, 0.1) is 28.2 Å². The second-order valence-corrected chi connectivity index (χ2v) is 18.0. The van der Waals surface area contributed by atoms with Crippen LogP contribution in [0, 0.1) is 29.4 Å². The van der Waals surface area contributed by atoms with Gasteiger partial charge in [-0.2, -0.15) is 13.9 Å². The number of alkyl halides is 4. The second-order valence-electron chi connectivity index (χ2n) is 17.0. The SMILES string of the molecule is O=C(Cn1nc(C(F)F)c2c1C(F)(F)[C@@H]1C[C@H]21)N[C@@H](Cc1cc(F)cc(F)c1)c1nc2nc(C#Cc3ccc(-c4c[nH]c(C5CCCN5)n4)cc3)sc2cc1-c1ccc2c(c1)C(=O)CC2. The second kappa shape index (κ2) is 15.8. The van der Waals surface area contributed by atoms with Crippen LogP contribution in [0.1, 0.15) is 111 Å². The van der Waals surface area contributed by atoms with Crippen molar-refractivity contribution in [2.45, 2.75) is 75.4 Å². The zero-order valence-corrected chi connectivity index (χ0v) is 35.0. The van der Waals surface area contributed by atoms with Gasteiger partial charge < -0.3 is 15.6 Å². The quantitative estimate of drug-likeness (QED) is 0.0922. The summed E-state index contributed by atoms with van der Waals surface area (Å²) in [6.07, 6.45) is 1.63. The van der Waals surface area contributed by atoms with Crippen molar-refractivity contribution in [1.82, 2.24) is 40.3 Å². The Kier molecular flexibility index (Phi) is 9.99. The predicted octanol–water partition coefficient (Wildman–Crippen LogP) is 9.42. The number of pyridine rings is 1. The van der Waals surface area contributed by atoms with E-state index in [0.717, 1.165) is 59.7 Å². The molecule has 2 fully saturated rings. The van der Waals surface area contributed by atoms with Crippen molar-refractivity contribution in [1.29, 1.82) is 0 Å². The lowest BCUT2D eigenvalue weighted by Crippen LogP contribution is -2.35. The molecular weight excluding hydrogens is 867 g/mol. The molecule has 4 aromatic heterocycles. The van der Waals surface area contributed by atoms with Crippen LogP contribution in [-0.4, -0.2) is 48.0 Å². The van der Waals surface area contributed by atoms with Gasteiger partial charge >= 0.3 is 0 Å². The molecule has 11 rings (SSSR count). The summed E-state index contributed by atoms with van der Waals surface area (Å²) in [5, 5.41) is 10.5. The average molecular weight is 903 g/mol. The summed E-state index contributed by atoms with van der Waals surface area (Å²) in [6.45, 7) is 0.120. The van der Waals surface area contributed by atoms with Crippen LogP contribution in [0.2, 0.25) is 0 Å². The van der Waals surface area contributed by atoms with Crippen LogP contribution in [0.25, 0.3) is 32.7 Å². The van der Waals surface area contributed by atoms with Crippen molar-refractivity contribution in [3.8, 4) is 34.2 Å². The van der Waals surface area contributed by atoms with Gasteiger partial charge in [-0.3, -0.25) is 14.3 Å². The van der Waals surface area contributed by atoms with Crippen LogP contribution in [0.4, 0.5) is 26.3 Å². The van der Waals surface area contributed by atoms with Crippen LogP contribution in [0.3, 0.4) is 0 Å². The summed E-state index contributed by atoms with van der Waals surface area (Å²) < 4.78 is 89.7. The Labute approximate surface area is 370 Å². The number of nitrogens with zero attached hydrogens (tertiary/aromatic N) is 5. The zero-order chi connectivity index (χ0) is 44.7. The fraction of sp³-hybridized carbons (Fsp3) is 0.292. The van der Waals surface area contributed by atoms with E-state index in [2.05, 4.69) is 32.6 Å². The van der Waals surface area contributed by atoms with Crippen molar-refractivity contribution in [3.05, 3.63) is 140 Å². The van der Waals surface area contributed by atoms with E-state index in [-0.39, 0.29) is 47.1 Å². The number of rotatable bonds is 10. The fourth-order valence-corrected chi connectivity index (χ4v) is 10.4. The first-order valence-electron chi connectivity index (χ1n) is 21.3. The third-order valence-electron chi connectivity index (χ3n) is 12.7. The molecule has 1 amide bonds. The van der Waals surface area contributed by atoms with E-state index in [9.17, 15) is 27.2 Å². The highest BCUT2D eigenvalue weighted by atomic mass is 32.1. The van der Waals surface area contributed by atoms with Crippen molar-refractivity contribution in [2.24, 2.45) is 5.92 Å². The number of thiazole rings is 1. The lowest BCUT2D eigenvalue weighted by atomic mass is 9.93. The van der Waals surface area contributed by atoms with Crippen LogP contribution in [0.15, 0.2) is 72.9 Å². The number of imidazole rings is 1. The predicted molar refractivity (Wildman–Crippen MR) is 228 cm³/mol. The summed E-state index contributed by atoms with van der Waals surface area (Å²) >= 11 is 1.26. The molecule has 1 unspecified atom stereocenters. The molecule has 1 saturated heterocycles. The number of carbonyl (C=O) groups excluding carboxylic acids is 2. The molecule has 3 aliphatic carbocycles. The molecule has 65 heavy (non-hydrogen) atoms. The van der Waals surface area contributed by atoms with Crippen LogP contribution in [-0.2, 0) is 30.1 Å². The number of aromatic amines is 1. The molecule has 0 bridgehead atoms. The average Bonchev–Trinajstić information content (AvgIpc) is 3.92. The molecule has 3 N–H and O–H groups in total. The molecule has 0 spiro atoms. The third kappa shape index (κ3) is 7.57. The zero-order valence-electron chi connectivity index (χ0n) is 34.2. The Morgan fingerprint density at radius 1 is 0.938 bits per heavy atom. The lowest BCUT2D eigenvalue weighted by Gasteiger charge is -2.23. The molecule has 0 radical (unpaired) electrons. The maximum Gasteiger partial charge on any atom is 0.293 e. The Morgan fingerprint density at radius 2 is 1.74 bits per heavy atom. The molecule has 4 aliphatic rings. The number of benzene rings is 3. The molecule has 5 heterocycles. The lowest BCUT2D eigenvalue weighted by molar-refractivity contribution is -0.123. The van der Waals surface area contributed by atoms with Crippen LogP contribution in [0.5, 0.6) is 0 Å². The van der Waals surface area contributed by atoms with Gasteiger partial charge in [0.15, 0.2) is 16.4 Å². The van der Waals surface area contributed by atoms with Crippen LogP contribution >= 0.6 is 11.3 Å². The number of hydrogen-bond acceptors (Lipinski definition) is 8. The number of aryl methyl sites for hydroxylation is 1. The third-order valence-corrected chi connectivity index (χ3v) is 13.6. The molecule has 1 saturated carbocycles. The minimum Gasteiger partial charge on any atom is -0.347 e. The van der Waals surface area contributed by atoms with E-state index in [1.54, 1.807) is 12.1 Å². The maximum absolute atomic E-state index is 15.5. The van der Waals surface area contributed by atoms with Crippen molar-refractivity contribution in [3.63, 3.8) is 0 Å². The summed E-state index contributed by atoms with van der Waals surface area (Å²) in [5.41, 5.74) is 3.77. The van der Waals surface area contributed by atoms with Gasteiger partial charge in [-0.1, -0.05) is 30.2 Å². The van der Waals surface area contributed by atoms with Gasteiger partial charge in [-0.05, 0) is 104 Å². The first-order chi connectivity index (χ1) is 31.4. The molecule has 17 heteroatoms. The van der Waals surface area contributed by atoms with Gasteiger partial charge in [0, 0.05) is 52.4 Å². The number of nitrogens with one attached hydrogen (secondary N) is 3. The molecule has 3 aromatic carbocycles. The molecule has 328 valence electrons. The van der Waals surface area contributed by atoms with Crippen molar-refractivity contribution in [2.75, 3.05) is 6.54 Å². The summed E-state index contributed by atoms with van der Waals surface area (Å²) in [6, 6.07) is 16.8. The number of fused-ring (bicyclic) bond motifs is 5. The normalized spacial score (nSPS) is 19.6. The molecule has 10 nitrogen and oxygen atoms in total. The number of ketones is 1. The van der Waals surface area contributed by atoms with Gasteiger partial charge in [-0.25, -0.2) is 32.5 Å². The number of Topliss-reactive ketones (excluding diaryl/α,β-unsaturated/α-hetero) is 1. The molecule has 4 atom stereocenters. The minimum absolute atomic E-state index is 0.0410. The minimum atomic E-state index is -3.46. The highest BCUT2D eigenvalue weighted by molar-refractivity contribution is 7.19. The Hall–Kier alpha value is -6.64. The van der Waals surface area contributed by atoms with E-state index in [1.807, 2.05) is 42.6 Å². The summed E-state index contributed by atoms with van der Waals surface area (Å²) in [5.74, 6) is -0.853. The van der Waals surface area contributed by atoms with E-state index in [0.29, 0.717) is 50.0 Å². The summed E-state index contributed by atoms with van der Waals surface area (Å²) in [4.78, 5) is 44.7. The number of carbonyl (C=O) groups is 2. The van der Waals surface area contributed by atoms with Crippen LogP contribution < -0.4 is 10.6 Å². The number of amides is 1. The van der Waals surface area contributed by atoms with Gasteiger partial charge in [-0.15, -0.1) is 11.3 Å². The van der Waals surface area contributed by atoms with Crippen molar-refractivity contribution >= 4 is 33.4 Å². The van der Waals surface area contributed by atoms with Gasteiger partial charge in [0.2, 0.25) is 5.91 Å². The smallest absolute Gasteiger partial charge is 0.293 e. The van der Waals surface area contributed by atoms with E-state index >= 15 is 8.78 Å². The molecule has 1 aliphatic heterocycles. The van der Waals surface area contributed by atoms with Gasteiger partial charge in [0.1, 0.15) is 35.4 Å². The first kappa shape index (κ1) is 41.1. The number of aromatic nitrogens is 6. The van der Waals surface area contributed by atoms with E-state index < -0.39 is 65.7 Å². The Morgan fingerprint density at radius 3 is 2.51 bits per heavy atom. The fourth-order valence-electron chi connectivity index (χ4n) is 9.60. The monoisotopic (exact) mass is 902 g/mol. The topological polar surface area (TPSA) is 130 Å². The number of hydrogen-bond donors (Lipinski definition) is 3. The van der Waals surface area contributed by atoms with E-state index in [1.165, 1.54) is 11.3 Å². The molecular formula is C48H36F6N8O2S. The number of H-pyrrole nitrogens is 1. The first-order valence-corrected chi connectivity index (χ1v) is 22.1. The standard InChI is InChI=1S/C48H36F6N8O2S/c49-28-14-24(15-29(50)18-28)16-35(57-39(64)22-62-44-41(43(61-62)45(51)52)32-19-33(32)48(44,53)54)42-31(27-9-8-25-10-11-37(63)30(25)17-27)20-38-47(60-42)59-40(65-38)12-5-23-3-6-26(7-4-23)36-21-56-46(58-36)34-2-1-13-55-34/h3-4,6-9,14-15,17-18,20-21,32-35,45,55H,1-2,10-11,13,16,19,22H2,(H,56,58)(H,57,64)/t32-,33+,34?,35-/m0/s1. The van der Waals surface area contributed by atoms with Gasteiger partial charge in [0.25, 0.3) is 12.3 Å². The molecule has 7 aromatic rings. The number of halogens is 6. The Balaban J connectivity index is 0.956. The summed E-state index contributed by atoms with van der Waals surface area (Å²) in [7, 11) is 0. The maximum atomic E-state index is 15.5. The largest absolute Gasteiger partial charge is 0.347 e. The van der Waals surface area contributed by atoms with E-state index in [4.69, 9.17) is 15.0 Å².